The second-order valence-electron chi connectivity index (χ2n) is 6.33. The first kappa shape index (κ1) is 18.2. The minimum atomic E-state index is -3.36. The highest BCUT2D eigenvalue weighted by Crippen LogP contribution is 2.23. The van der Waals surface area contributed by atoms with E-state index in [0.717, 1.165) is 6.26 Å². The molecule has 0 aromatic carbocycles. The fourth-order valence-electron chi connectivity index (χ4n) is 3.02. The Balaban J connectivity index is 2.08. The van der Waals surface area contributed by atoms with E-state index in [1.165, 1.54) is 11.2 Å². The second-order valence-corrected chi connectivity index (χ2v) is 8.31. The molecule has 2 saturated heterocycles. The highest BCUT2D eigenvalue weighted by atomic mass is 32.2. The largest absolute Gasteiger partial charge is 0.363 e. The fraction of sp³-hybridized carbons (Fsp3) is 0.857. The van der Waals surface area contributed by atoms with Crippen LogP contribution >= 0.6 is 0 Å². The summed E-state index contributed by atoms with van der Waals surface area (Å²) in [6, 6.07) is 0. The molecule has 2 aliphatic rings. The van der Waals surface area contributed by atoms with Gasteiger partial charge in [-0.3, -0.25) is 9.59 Å². The molecule has 1 unspecified atom stereocenters. The van der Waals surface area contributed by atoms with Gasteiger partial charge in [-0.15, -0.1) is 0 Å². The SMILES string of the molecule is CC(=O)N1CCCN(C(=O)C2(C)CN(S(C)(=O)=O)CCO2)CC1. The van der Waals surface area contributed by atoms with E-state index in [1.807, 2.05) is 0 Å². The summed E-state index contributed by atoms with van der Waals surface area (Å²) in [5, 5.41) is 0. The second kappa shape index (κ2) is 6.74. The van der Waals surface area contributed by atoms with Crippen molar-refractivity contribution in [2.75, 3.05) is 52.1 Å². The van der Waals surface area contributed by atoms with Gasteiger partial charge in [-0.05, 0) is 13.3 Å². The van der Waals surface area contributed by atoms with Gasteiger partial charge in [0.1, 0.15) is 0 Å². The molecule has 0 aliphatic carbocycles. The van der Waals surface area contributed by atoms with Crippen LogP contribution in [-0.2, 0) is 24.3 Å². The first-order valence-corrected chi connectivity index (χ1v) is 9.62. The van der Waals surface area contributed by atoms with Gasteiger partial charge in [0.05, 0.1) is 19.4 Å². The van der Waals surface area contributed by atoms with E-state index in [1.54, 1.807) is 16.7 Å². The van der Waals surface area contributed by atoms with E-state index < -0.39 is 15.6 Å². The standard InChI is InChI=1S/C14H25N3O5S/c1-12(18)15-5-4-6-16(8-7-15)13(19)14(2)11-17(9-10-22-14)23(3,20)21/h4-11H2,1-3H3. The Kier molecular flexibility index (Phi) is 5.32. The number of hydrogen-bond acceptors (Lipinski definition) is 5. The highest BCUT2D eigenvalue weighted by molar-refractivity contribution is 7.88. The quantitative estimate of drug-likeness (QED) is 0.647. The van der Waals surface area contributed by atoms with Crippen molar-refractivity contribution < 1.29 is 22.7 Å². The summed E-state index contributed by atoms with van der Waals surface area (Å²) in [6.07, 6.45) is 1.84. The van der Waals surface area contributed by atoms with Gasteiger partial charge in [-0.25, -0.2) is 8.42 Å². The Bertz CT molecular complexity index is 579. The van der Waals surface area contributed by atoms with E-state index in [4.69, 9.17) is 4.74 Å². The lowest BCUT2D eigenvalue weighted by atomic mass is 10.0. The number of nitrogens with zero attached hydrogens (tertiary/aromatic N) is 3. The summed E-state index contributed by atoms with van der Waals surface area (Å²) in [5.74, 6) is -0.209. The molecule has 8 nitrogen and oxygen atoms in total. The van der Waals surface area contributed by atoms with Gasteiger partial charge >= 0.3 is 0 Å². The Labute approximate surface area is 137 Å². The lowest BCUT2D eigenvalue weighted by molar-refractivity contribution is -0.163. The topological polar surface area (TPSA) is 87.2 Å². The predicted molar refractivity (Wildman–Crippen MR) is 84.2 cm³/mol. The summed E-state index contributed by atoms with van der Waals surface area (Å²) in [7, 11) is -3.36. The van der Waals surface area contributed by atoms with Gasteiger partial charge in [-0.2, -0.15) is 4.31 Å². The molecule has 0 bridgehead atoms. The summed E-state index contributed by atoms with van der Waals surface area (Å²) < 4.78 is 30.4. The van der Waals surface area contributed by atoms with Crippen molar-refractivity contribution in [3.63, 3.8) is 0 Å². The van der Waals surface area contributed by atoms with Crippen molar-refractivity contribution in [3.8, 4) is 0 Å². The molecule has 0 spiro atoms. The predicted octanol–water partition coefficient (Wildman–Crippen LogP) is -0.882. The number of sulfonamides is 1. The van der Waals surface area contributed by atoms with Crippen LogP contribution in [0.15, 0.2) is 0 Å². The third-order valence-corrected chi connectivity index (χ3v) is 5.64. The maximum Gasteiger partial charge on any atom is 0.255 e. The normalized spacial score (nSPS) is 27.6. The Morgan fingerprint density at radius 2 is 1.65 bits per heavy atom. The van der Waals surface area contributed by atoms with Crippen molar-refractivity contribution in [3.05, 3.63) is 0 Å². The molecular formula is C14H25N3O5S. The Morgan fingerprint density at radius 1 is 1.04 bits per heavy atom. The maximum atomic E-state index is 12.9. The van der Waals surface area contributed by atoms with Crippen LogP contribution in [0.25, 0.3) is 0 Å². The van der Waals surface area contributed by atoms with Gasteiger partial charge in [0.2, 0.25) is 15.9 Å². The smallest absolute Gasteiger partial charge is 0.255 e. The van der Waals surface area contributed by atoms with Crippen LogP contribution in [0.2, 0.25) is 0 Å². The lowest BCUT2D eigenvalue weighted by Gasteiger charge is -2.40. The van der Waals surface area contributed by atoms with Gasteiger partial charge in [0, 0.05) is 39.6 Å². The molecule has 0 N–H and O–H groups in total. The average Bonchev–Trinajstić information content (AvgIpc) is 2.71. The molecule has 2 amide bonds. The van der Waals surface area contributed by atoms with Crippen molar-refractivity contribution in [2.24, 2.45) is 0 Å². The number of carbonyl (C=O) groups is 2. The molecule has 9 heteroatoms. The molecule has 0 aromatic heterocycles. The van der Waals surface area contributed by atoms with Gasteiger partial charge in [-0.1, -0.05) is 0 Å². The summed E-state index contributed by atoms with van der Waals surface area (Å²) in [5.41, 5.74) is -1.17. The van der Waals surface area contributed by atoms with Crippen molar-refractivity contribution >= 4 is 21.8 Å². The Hall–Kier alpha value is -1.19. The molecule has 2 fully saturated rings. The van der Waals surface area contributed by atoms with E-state index >= 15 is 0 Å². The molecule has 132 valence electrons. The van der Waals surface area contributed by atoms with E-state index in [0.29, 0.717) is 32.6 Å². The number of morpholine rings is 1. The fourth-order valence-corrected chi connectivity index (χ4v) is 3.90. The minimum Gasteiger partial charge on any atom is -0.363 e. The Morgan fingerprint density at radius 3 is 2.26 bits per heavy atom. The first-order valence-electron chi connectivity index (χ1n) is 7.77. The van der Waals surface area contributed by atoms with Crippen LogP contribution in [0.1, 0.15) is 20.3 Å². The van der Waals surface area contributed by atoms with Crippen LogP contribution in [0.5, 0.6) is 0 Å². The molecular weight excluding hydrogens is 322 g/mol. The first-order chi connectivity index (χ1) is 10.6. The number of carbonyl (C=O) groups excluding carboxylic acids is 2. The molecule has 1 atom stereocenters. The zero-order chi connectivity index (χ0) is 17.3. The summed E-state index contributed by atoms with van der Waals surface area (Å²) in [4.78, 5) is 27.7. The molecule has 2 heterocycles. The molecule has 2 rings (SSSR count). The number of ether oxygens (including phenoxy) is 1. The van der Waals surface area contributed by atoms with Gasteiger partial charge < -0.3 is 14.5 Å². The molecule has 23 heavy (non-hydrogen) atoms. The van der Waals surface area contributed by atoms with Crippen LogP contribution in [0.3, 0.4) is 0 Å². The zero-order valence-electron chi connectivity index (χ0n) is 13.9. The van der Waals surface area contributed by atoms with Crippen LogP contribution in [0.4, 0.5) is 0 Å². The summed E-state index contributed by atoms with van der Waals surface area (Å²) >= 11 is 0. The van der Waals surface area contributed by atoms with E-state index in [-0.39, 0.29) is 31.5 Å². The zero-order valence-corrected chi connectivity index (χ0v) is 14.8. The monoisotopic (exact) mass is 347 g/mol. The highest BCUT2D eigenvalue weighted by Gasteiger charge is 2.44. The van der Waals surface area contributed by atoms with E-state index in [9.17, 15) is 18.0 Å². The number of hydrogen-bond donors (Lipinski definition) is 0. The van der Waals surface area contributed by atoms with Gasteiger partial charge in [0.15, 0.2) is 5.60 Å². The van der Waals surface area contributed by atoms with E-state index in [2.05, 4.69) is 0 Å². The van der Waals surface area contributed by atoms with Crippen molar-refractivity contribution in [1.82, 2.24) is 14.1 Å². The lowest BCUT2D eigenvalue weighted by Crippen LogP contribution is -2.60. The average molecular weight is 347 g/mol. The summed E-state index contributed by atoms with van der Waals surface area (Å²) in [6.45, 7) is 5.75. The van der Waals surface area contributed by atoms with Crippen LogP contribution in [0, 0.1) is 0 Å². The van der Waals surface area contributed by atoms with Gasteiger partial charge in [0.25, 0.3) is 5.91 Å². The maximum absolute atomic E-state index is 12.9. The van der Waals surface area contributed by atoms with Crippen LogP contribution in [-0.4, -0.2) is 92.1 Å². The third kappa shape index (κ3) is 4.21. The molecule has 2 aliphatic heterocycles. The molecule has 0 radical (unpaired) electrons. The number of rotatable bonds is 2. The minimum absolute atomic E-state index is 0.00248. The third-order valence-electron chi connectivity index (χ3n) is 4.39. The van der Waals surface area contributed by atoms with Crippen molar-refractivity contribution in [1.29, 1.82) is 0 Å². The molecule has 0 saturated carbocycles. The van der Waals surface area contributed by atoms with Crippen molar-refractivity contribution in [2.45, 2.75) is 25.9 Å². The number of amides is 2. The van der Waals surface area contributed by atoms with Crippen LogP contribution < -0.4 is 0 Å². The molecule has 0 aromatic rings.